The maximum absolute atomic E-state index is 8.86. The van der Waals surface area contributed by atoms with Gasteiger partial charge in [-0.05, 0) is 54.8 Å². The lowest BCUT2D eigenvalue weighted by atomic mass is 10.2. The van der Waals surface area contributed by atoms with Gasteiger partial charge in [0, 0.05) is 17.3 Å². The Morgan fingerprint density at radius 1 is 1.07 bits per heavy atom. The van der Waals surface area contributed by atoms with Gasteiger partial charge in [0.1, 0.15) is 11.6 Å². The molecule has 0 atom stereocenters. The van der Waals surface area contributed by atoms with Crippen molar-refractivity contribution in [1.82, 2.24) is 25.1 Å². The van der Waals surface area contributed by atoms with E-state index in [4.69, 9.17) is 15.7 Å². The van der Waals surface area contributed by atoms with Crippen LogP contribution >= 0.6 is 11.8 Å². The Morgan fingerprint density at radius 3 is 2.53 bits per heavy atom. The van der Waals surface area contributed by atoms with Crippen LogP contribution in [-0.4, -0.2) is 31.4 Å². The van der Waals surface area contributed by atoms with Crippen molar-refractivity contribution >= 4 is 29.2 Å². The predicted octanol–water partition coefficient (Wildman–Crippen LogP) is 3.97. The second-order valence-electron chi connectivity index (χ2n) is 6.07. The molecule has 0 spiro atoms. The van der Waals surface area contributed by atoms with Gasteiger partial charge >= 0.3 is 0 Å². The summed E-state index contributed by atoms with van der Waals surface area (Å²) in [5.74, 6) is 2.38. The van der Waals surface area contributed by atoms with Gasteiger partial charge in [0.25, 0.3) is 0 Å². The summed E-state index contributed by atoms with van der Waals surface area (Å²) in [6.45, 7) is 0. The van der Waals surface area contributed by atoms with Crippen LogP contribution in [0.2, 0.25) is 0 Å². The molecule has 4 aromatic rings. The number of nitrogens with zero attached hydrogens (tertiary/aromatic N) is 5. The van der Waals surface area contributed by atoms with Crippen LogP contribution in [0.5, 0.6) is 11.6 Å². The number of nitrogens with one attached hydrogen (secondary N) is 2. The van der Waals surface area contributed by atoms with Gasteiger partial charge in [-0.1, -0.05) is 11.8 Å². The summed E-state index contributed by atoms with van der Waals surface area (Å²) >= 11 is 1.39. The van der Waals surface area contributed by atoms with E-state index in [1.54, 1.807) is 30.3 Å². The zero-order chi connectivity index (χ0) is 20.9. The number of aromatic amines is 1. The molecule has 4 rings (SSSR count). The summed E-state index contributed by atoms with van der Waals surface area (Å²) in [6, 6.07) is 18.0. The number of H-pyrrole nitrogens is 1. The molecule has 10 heteroatoms. The number of nitrogen functional groups attached to an aromatic ring is 1. The average Bonchev–Trinajstić information content (AvgIpc) is 3.23. The molecule has 0 aliphatic heterocycles. The van der Waals surface area contributed by atoms with Crippen molar-refractivity contribution in [3.05, 3.63) is 60.2 Å². The van der Waals surface area contributed by atoms with Crippen molar-refractivity contribution in [2.45, 2.75) is 5.16 Å². The first-order chi connectivity index (χ1) is 14.6. The minimum Gasteiger partial charge on any atom is -0.439 e. The van der Waals surface area contributed by atoms with Crippen LogP contribution in [-0.2, 0) is 0 Å². The highest BCUT2D eigenvalue weighted by Gasteiger charge is 2.08. The normalized spacial score (nSPS) is 10.4. The SMILES string of the molecule is CSc1nc(N)cc(Oc2ccc(-c3nc(Nc4ccc(C#N)cc4)n[nH]3)cc2)n1. The number of rotatable bonds is 6. The molecule has 0 amide bonds. The van der Waals surface area contributed by atoms with E-state index in [1.165, 1.54) is 11.8 Å². The third-order valence-corrected chi connectivity index (χ3v) is 4.54. The average molecular weight is 416 g/mol. The highest BCUT2D eigenvalue weighted by Crippen LogP contribution is 2.26. The van der Waals surface area contributed by atoms with Crippen LogP contribution in [0.15, 0.2) is 59.8 Å². The van der Waals surface area contributed by atoms with Crippen LogP contribution in [0.4, 0.5) is 17.5 Å². The van der Waals surface area contributed by atoms with Crippen molar-refractivity contribution in [2.75, 3.05) is 17.3 Å². The van der Waals surface area contributed by atoms with Gasteiger partial charge in [-0.2, -0.15) is 15.2 Å². The van der Waals surface area contributed by atoms with E-state index in [0.29, 0.717) is 39.9 Å². The minimum absolute atomic E-state index is 0.352. The Hall–Kier alpha value is -4.10. The third kappa shape index (κ3) is 4.48. The zero-order valence-corrected chi connectivity index (χ0v) is 16.6. The van der Waals surface area contributed by atoms with Crippen molar-refractivity contribution in [1.29, 1.82) is 5.26 Å². The maximum atomic E-state index is 8.86. The Balaban J connectivity index is 1.45. The van der Waals surface area contributed by atoms with Crippen LogP contribution < -0.4 is 15.8 Å². The molecule has 0 aliphatic rings. The standard InChI is InChI=1S/C20H16N8OS/c1-30-20-24-16(22)10-17(25-20)29-15-8-4-13(5-9-15)18-26-19(28-27-18)23-14-6-2-12(11-21)3-7-14/h2-10H,1H3,(H2,22,24,25)(H2,23,26,27,28). The van der Waals surface area contributed by atoms with E-state index in [-0.39, 0.29) is 0 Å². The number of hydrogen-bond acceptors (Lipinski definition) is 9. The quantitative estimate of drug-likeness (QED) is 0.315. The lowest BCUT2D eigenvalue weighted by Gasteiger charge is -2.07. The van der Waals surface area contributed by atoms with Crippen molar-refractivity contribution in [3.8, 4) is 29.1 Å². The molecule has 2 aromatic carbocycles. The van der Waals surface area contributed by atoms with E-state index in [0.717, 1.165) is 11.3 Å². The smallest absolute Gasteiger partial charge is 0.246 e. The summed E-state index contributed by atoms with van der Waals surface area (Å²) in [5, 5.41) is 19.6. The van der Waals surface area contributed by atoms with E-state index in [9.17, 15) is 0 Å². The Kier molecular flexibility index (Phi) is 5.45. The maximum Gasteiger partial charge on any atom is 0.246 e. The summed E-state index contributed by atoms with van der Waals surface area (Å²) in [5.41, 5.74) is 8.00. The van der Waals surface area contributed by atoms with Crippen molar-refractivity contribution < 1.29 is 4.74 Å². The fourth-order valence-corrected chi connectivity index (χ4v) is 2.95. The molecule has 2 aromatic heterocycles. The lowest BCUT2D eigenvalue weighted by molar-refractivity contribution is 0.456. The topological polar surface area (TPSA) is 138 Å². The molecule has 148 valence electrons. The third-order valence-electron chi connectivity index (χ3n) is 3.99. The number of ether oxygens (including phenoxy) is 1. The fraction of sp³-hybridized carbons (Fsp3) is 0.0500. The highest BCUT2D eigenvalue weighted by atomic mass is 32.2. The van der Waals surface area contributed by atoms with Crippen LogP contribution in [0.1, 0.15) is 5.56 Å². The minimum atomic E-state index is 0.352. The second kappa shape index (κ2) is 8.50. The Morgan fingerprint density at radius 2 is 1.83 bits per heavy atom. The largest absolute Gasteiger partial charge is 0.439 e. The number of hydrogen-bond donors (Lipinski definition) is 3. The molecule has 2 heterocycles. The number of aromatic nitrogens is 5. The van der Waals surface area contributed by atoms with Crippen molar-refractivity contribution in [3.63, 3.8) is 0 Å². The Labute approximate surface area is 176 Å². The molecule has 0 fully saturated rings. The zero-order valence-electron chi connectivity index (χ0n) is 15.8. The molecule has 0 radical (unpaired) electrons. The van der Waals surface area contributed by atoms with Crippen LogP contribution in [0.25, 0.3) is 11.4 Å². The van der Waals surface area contributed by atoms with Gasteiger partial charge in [0.05, 0.1) is 11.6 Å². The summed E-state index contributed by atoms with van der Waals surface area (Å²) in [4.78, 5) is 12.8. The summed E-state index contributed by atoms with van der Waals surface area (Å²) in [7, 11) is 0. The first-order valence-electron chi connectivity index (χ1n) is 8.79. The van der Waals surface area contributed by atoms with Crippen LogP contribution in [0, 0.1) is 11.3 Å². The van der Waals surface area contributed by atoms with E-state index < -0.39 is 0 Å². The predicted molar refractivity (Wildman–Crippen MR) is 115 cm³/mol. The van der Waals surface area contributed by atoms with Crippen LogP contribution in [0.3, 0.4) is 0 Å². The molecule has 0 saturated heterocycles. The fourth-order valence-electron chi connectivity index (χ4n) is 2.57. The molecule has 9 nitrogen and oxygen atoms in total. The van der Waals surface area contributed by atoms with Gasteiger partial charge in [-0.3, -0.25) is 5.10 Å². The number of nitrogens with two attached hydrogens (primary N) is 1. The van der Waals surface area contributed by atoms with Gasteiger partial charge in [0.2, 0.25) is 11.8 Å². The molecule has 0 unspecified atom stereocenters. The lowest BCUT2D eigenvalue weighted by Crippen LogP contribution is -1.97. The van der Waals surface area contributed by atoms with E-state index >= 15 is 0 Å². The monoisotopic (exact) mass is 416 g/mol. The van der Waals surface area contributed by atoms with Crippen molar-refractivity contribution in [2.24, 2.45) is 0 Å². The number of anilines is 3. The first-order valence-corrected chi connectivity index (χ1v) is 10.0. The van der Waals surface area contributed by atoms with Gasteiger partial charge in [0.15, 0.2) is 11.0 Å². The van der Waals surface area contributed by atoms with E-state index in [2.05, 4.69) is 36.5 Å². The Bertz CT molecular complexity index is 1200. The number of thioether (sulfide) groups is 1. The summed E-state index contributed by atoms with van der Waals surface area (Å²) in [6.07, 6.45) is 1.87. The molecule has 0 aliphatic carbocycles. The molecule has 4 N–H and O–H groups in total. The highest BCUT2D eigenvalue weighted by molar-refractivity contribution is 7.98. The van der Waals surface area contributed by atoms with E-state index in [1.807, 2.05) is 30.5 Å². The first kappa shape index (κ1) is 19.2. The number of benzene rings is 2. The molecular formula is C20H16N8OS. The van der Waals surface area contributed by atoms with Gasteiger partial charge < -0.3 is 15.8 Å². The number of nitriles is 1. The molecule has 0 saturated carbocycles. The molecular weight excluding hydrogens is 400 g/mol. The molecule has 0 bridgehead atoms. The second-order valence-corrected chi connectivity index (χ2v) is 6.84. The van der Waals surface area contributed by atoms with Gasteiger partial charge in [-0.25, -0.2) is 4.98 Å². The molecule has 30 heavy (non-hydrogen) atoms. The summed E-state index contributed by atoms with van der Waals surface area (Å²) < 4.78 is 5.77. The van der Waals surface area contributed by atoms with Gasteiger partial charge in [-0.15, -0.1) is 5.10 Å².